The minimum atomic E-state index is -0.240. The largest absolute Gasteiger partial charge is 0.272 e. The van der Waals surface area contributed by atoms with E-state index < -0.39 is 0 Å². The van der Waals surface area contributed by atoms with Gasteiger partial charge in [0.25, 0.3) is 11.5 Å². The Morgan fingerprint density at radius 1 is 1.18 bits per heavy atom. The number of para-hydroxylation sites is 1. The molecule has 1 aliphatic rings. The average Bonchev–Trinajstić information content (AvgIpc) is 3.50. The van der Waals surface area contributed by atoms with Crippen LogP contribution in [0.15, 0.2) is 62.9 Å². The Morgan fingerprint density at radius 3 is 2.79 bits per heavy atom. The summed E-state index contributed by atoms with van der Waals surface area (Å²) in [5, 5.41) is 7.43. The minimum Gasteiger partial charge on any atom is -0.272 e. The van der Waals surface area contributed by atoms with Crippen LogP contribution in [0, 0.1) is 0 Å². The van der Waals surface area contributed by atoms with Gasteiger partial charge in [-0.3, -0.25) is 14.2 Å². The predicted molar refractivity (Wildman–Crippen MR) is 137 cm³/mol. The molecule has 1 N–H and O–H groups in total. The number of rotatable bonds is 6. The summed E-state index contributed by atoms with van der Waals surface area (Å²) in [4.78, 5) is 34.1. The van der Waals surface area contributed by atoms with Gasteiger partial charge >= 0.3 is 0 Å². The van der Waals surface area contributed by atoms with Gasteiger partial charge in [0, 0.05) is 9.75 Å². The molecule has 0 aliphatic heterocycles. The van der Waals surface area contributed by atoms with Gasteiger partial charge in [-0.15, -0.1) is 22.7 Å². The third-order valence-corrected chi connectivity index (χ3v) is 8.63. The predicted octanol–water partition coefficient (Wildman–Crippen LogP) is 5.02. The number of thiophene rings is 2. The number of hydrazone groups is 1. The molecule has 0 saturated heterocycles. The first-order valence-corrected chi connectivity index (χ1v) is 13.4. The van der Waals surface area contributed by atoms with E-state index in [2.05, 4.69) is 10.5 Å². The first-order valence-electron chi connectivity index (χ1n) is 10.7. The van der Waals surface area contributed by atoms with Crippen molar-refractivity contribution in [2.45, 2.75) is 37.8 Å². The van der Waals surface area contributed by atoms with Crippen molar-refractivity contribution in [1.82, 2.24) is 15.0 Å². The quantitative estimate of drug-likeness (QED) is 0.177. The summed E-state index contributed by atoms with van der Waals surface area (Å²) in [6.45, 7) is 1.86. The van der Waals surface area contributed by atoms with Crippen LogP contribution in [0.4, 0.5) is 0 Å². The number of hydrogen-bond donors (Lipinski definition) is 1. The Labute approximate surface area is 203 Å². The second kappa shape index (κ2) is 9.62. The van der Waals surface area contributed by atoms with Crippen molar-refractivity contribution < 1.29 is 4.79 Å². The Kier molecular flexibility index (Phi) is 6.43. The fraction of sp³-hybridized carbons (Fsp3) is 0.250. The van der Waals surface area contributed by atoms with Crippen LogP contribution in [0.5, 0.6) is 0 Å². The highest BCUT2D eigenvalue weighted by Gasteiger charge is 2.23. The van der Waals surface area contributed by atoms with Crippen molar-refractivity contribution in [1.29, 1.82) is 0 Å². The number of benzene rings is 1. The highest BCUT2D eigenvalue weighted by atomic mass is 32.2. The summed E-state index contributed by atoms with van der Waals surface area (Å²) in [7, 11) is 0. The number of amides is 1. The fourth-order valence-corrected chi connectivity index (χ4v) is 6.72. The van der Waals surface area contributed by atoms with Gasteiger partial charge in [-0.2, -0.15) is 5.10 Å². The maximum absolute atomic E-state index is 13.7. The van der Waals surface area contributed by atoms with Crippen LogP contribution in [0.1, 0.15) is 35.1 Å². The number of nitrogens with one attached hydrogen (secondary N) is 1. The van der Waals surface area contributed by atoms with Crippen LogP contribution in [-0.4, -0.2) is 26.9 Å². The van der Waals surface area contributed by atoms with Crippen molar-refractivity contribution in [3.05, 3.63) is 73.5 Å². The smallest absolute Gasteiger partial charge is 0.267 e. The molecule has 3 aromatic heterocycles. The minimum absolute atomic E-state index is 0.0555. The number of nitrogens with zero attached hydrogens (tertiary/aromatic N) is 3. The standard InChI is InChI=1S/C24H22N4O2S3/c1-15(18-12-7-13-31-18)26-27-20(29)14-32-24-25-22-21(17-10-5-6-11-19(17)33-22)23(30)28(24)16-8-3-2-4-9-16/h2-4,7-9,12-13H,5-6,10-11,14H2,1H3,(H,27,29)/b26-15+. The molecule has 1 aromatic carbocycles. The van der Waals surface area contributed by atoms with E-state index in [0.717, 1.165) is 57.7 Å². The van der Waals surface area contributed by atoms with Crippen molar-refractivity contribution in [2.24, 2.45) is 5.10 Å². The average molecular weight is 495 g/mol. The summed E-state index contributed by atoms with van der Waals surface area (Å²) in [5.74, 6) is -0.132. The van der Waals surface area contributed by atoms with Crippen LogP contribution >= 0.6 is 34.4 Å². The Balaban J connectivity index is 1.46. The van der Waals surface area contributed by atoms with Crippen molar-refractivity contribution in [3.8, 4) is 5.69 Å². The van der Waals surface area contributed by atoms with Crippen LogP contribution < -0.4 is 11.0 Å². The van der Waals surface area contributed by atoms with Crippen molar-refractivity contribution >= 4 is 56.3 Å². The zero-order valence-corrected chi connectivity index (χ0v) is 20.5. The summed E-state index contributed by atoms with van der Waals surface area (Å²) in [6, 6.07) is 13.4. The summed E-state index contributed by atoms with van der Waals surface area (Å²) in [5.41, 5.74) is 5.23. The number of aryl methyl sites for hydroxylation is 2. The third-order valence-electron chi connectivity index (χ3n) is 5.53. The van der Waals surface area contributed by atoms with E-state index in [1.165, 1.54) is 16.6 Å². The molecule has 0 fully saturated rings. The third kappa shape index (κ3) is 4.53. The number of hydrogen-bond acceptors (Lipinski definition) is 7. The van der Waals surface area contributed by atoms with Gasteiger partial charge in [-0.1, -0.05) is 36.0 Å². The Morgan fingerprint density at radius 2 is 2.00 bits per heavy atom. The molecule has 0 unspecified atom stereocenters. The summed E-state index contributed by atoms with van der Waals surface area (Å²) >= 11 is 4.45. The lowest BCUT2D eigenvalue weighted by atomic mass is 9.97. The van der Waals surface area contributed by atoms with Crippen molar-refractivity contribution in [2.75, 3.05) is 5.75 Å². The van der Waals surface area contributed by atoms with Gasteiger partial charge in [0.05, 0.1) is 22.5 Å². The maximum Gasteiger partial charge on any atom is 0.267 e. The van der Waals surface area contributed by atoms with Crippen LogP contribution in [0.2, 0.25) is 0 Å². The van der Waals surface area contributed by atoms with E-state index in [0.29, 0.717) is 5.16 Å². The molecule has 168 valence electrons. The zero-order chi connectivity index (χ0) is 22.8. The van der Waals surface area contributed by atoms with E-state index in [9.17, 15) is 9.59 Å². The van der Waals surface area contributed by atoms with Gasteiger partial charge in [0.1, 0.15) is 4.83 Å². The molecule has 3 heterocycles. The van der Waals surface area contributed by atoms with Gasteiger partial charge < -0.3 is 0 Å². The van der Waals surface area contributed by atoms with E-state index in [-0.39, 0.29) is 17.2 Å². The highest BCUT2D eigenvalue weighted by molar-refractivity contribution is 7.99. The SMILES string of the molecule is C/C(=N\NC(=O)CSc1nc2sc3c(c2c(=O)n1-c1ccccc1)CCCC3)c1cccs1. The second-order valence-electron chi connectivity index (χ2n) is 7.76. The number of carbonyl (C=O) groups excluding carboxylic acids is 1. The number of fused-ring (bicyclic) bond motifs is 3. The molecule has 33 heavy (non-hydrogen) atoms. The maximum atomic E-state index is 13.7. The van der Waals surface area contributed by atoms with Crippen LogP contribution in [0.3, 0.4) is 0 Å². The van der Waals surface area contributed by atoms with Gasteiger partial charge in [-0.05, 0) is 61.7 Å². The van der Waals surface area contributed by atoms with E-state index in [1.54, 1.807) is 27.2 Å². The molecule has 9 heteroatoms. The van der Waals surface area contributed by atoms with Gasteiger partial charge in [0.15, 0.2) is 5.16 Å². The molecule has 0 atom stereocenters. The lowest BCUT2D eigenvalue weighted by Gasteiger charge is -2.13. The zero-order valence-electron chi connectivity index (χ0n) is 18.0. The molecule has 1 amide bonds. The molecule has 0 radical (unpaired) electrons. The normalized spacial score (nSPS) is 13.8. The summed E-state index contributed by atoms with van der Waals surface area (Å²) < 4.78 is 1.64. The molecule has 0 spiro atoms. The first-order chi connectivity index (χ1) is 16.1. The molecular weight excluding hydrogens is 472 g/mol. The fourth-order valence-electron chi connectivity index (χ4n) is 3.94. The lowest BCUT2D eigenvalue weighted by Crippen LogP contribution is -2.24. The van der Waals surface area contributed by atoms with E-state index >= 15 is 0 Å². The highest BCUT2D eigenvalue weighted by Crippen LogP contribution is 2.35. The molecule has 1 aliphatic carbocycles. The van der Waals surface area contributed by atoms with Gasteiger partial charge in [0.2, 0.25) is 0 Å². The Hall–Kier alpha value is -2.75. The number of aromatic nitrogens is 2. The van der Waals surface area contributed by atoms with Crippen LogP contribution in [0.25, 0.3) is 15.9 Å². The molecule has 0 saturated carbocycles. The van der Waals surface area contributed by atoms with E-state index in [4.69, 9.17) is 4.98 Å². The summed E-state index contributed by atoms with van der Waals surface area (Å²) in [6.07, 6.45) is 4.19. The monoisotopic (exact) mass is 494 g/mol. The molecular formula is C24H22N4O2S3. The molecule has 0 bridgehead atoms. The molecule has 4 aromatic rings. The van der Waals surface area contributed by atoms with E-state index in [1.807, 2.05) is 54.8 Å². The van der Waals surface area contributed by atoms with Crippen molar-refractivity contribution in [3.63, 3.8) is 0 Å². The molecule has 6 nitrogen and oxygen atoms in total. The first kappa shape index (κ1) is 22.1. The second-order valence-corrected chi connectivity index (χ2v) is 10.7. The number of carbonyl (C=O) groups is 1. The van der Waals surface area contributed by atoms with Crippen LogP contribution in [-0.2, 0) is 17.6 Å². The number of thioether (sulfide) groups is 1. The molecule has 5 rings (SSSR count). The Bertz CT molecular complexity index is 1390. The van der Waals surface area contributed by atoms with Gasteiger partial charge in [-0.25, -0.2) is 10.4 Å². The lowest BCUT2D eigenvalue weighted by molar-refractivity contribution is -0.118. The topological polar surface area (TPSA) is 76.3 Å².